The molecule has 1 aromatic carbocycles. The molecule has 3 aliphatic rings. The van der Waals surface area contributed by atoms with Crippen LogP contribution in [0.2, 0.25) is 0 Å². The van der Waals surface area contributed by atoms with E-state index in [0.717, 1.165) is 0 Å². The fourth-order valence-electron chi connectivity index (χ4n) is 5.71. The summed E-state index contributed by atoms with van der Waals surface area (Å²) in [5.74, 6) is -7.23. The molecule has 0 heterocycles. The van der Waals surface area contributed by atoms with Gasteiger partial charge in [-0.2, -0.15) is 0 Å². The third-order valence-electron chi connectivity index (χ3n) is 7.40. The van der Waals surface area contributed by atoms with Gasteiger partial charge < -0.3 is 36.4 Å². The van der Waals surface area contributed by atoms with Crippen molar-refractivity contribution in [2.45, 2.75) is 52.2 Å². The summed E-state index contributed by atoms with van der Waals surface area (Å²) in [6.45, 7) is 3.60. The van der Waals surface area contributed by atoms with Crippen LogP contribution in [0, 0.1) is 11.8 Å². The number of nitrogens with zero attached hydrogens (tertiary/aromatic N) is 1. The number of anilines is 1. The first-order chi connectivity index (χ1) is 17.7. The van der Waals surface area contributed by atoms with Crippen molar-refractivity contribution in [3.05, 3.63) is 45.7 Å². The summed E-state index contributed by atoms with van der Waals surface area (Å²) in [6.07, 6.45) is 2.48. The number of aromatic hydroxyl groups is 1. The minimum atomic E-state index is -2.62. The van der Waals surface area contributed by atoms with Crippen LogP contribution in [0.4, 0.5) is 5.69 Å². The van der Waals surface area contributed by atoms with Crippen molar-refractivity contribution in [2.75, 3.05) is 19.0 Å². The van der Waals surface area contributed by atoms with E-state index in [1.165, 1.54) is 12.2 Å². The van der Waals surface area contributed by atoms with Crippen molar-refractivity contribution in [3.8, 4) is 5.75 Å². The van der Waals surface area contributed by atoms with E-state index < -0.39 is 52.0 Å². The minimum absolute atomic E-state index is 0. The summed E-state index contributed by atoms with van der Waals surface area (Å²) in [4.78, 5) is 51.8. The quantitative estimate of drug-likeness (QED) is 0.238. The van der Waals surface area contributed by atoms with Gasteiger partial charge in [-0.1, -0.05) is 7.43 Å². The molecule has 210 valence electrons. The highest BCUT2D eigenvalue weighted by Gasteiger charge is 2.60. The average Bonchev–Trinajstić information content (AvgIpc) is 2.80. The Balaban J connectivity index is 0.00000420. The van der Waals surface area contributed by atoms with Gasteiger partial charge in [-0.05, 0) is 50.3 Å². The van der Waals surface area contributed by atoms with Crippen LogP contribution in [0.1, 0.15) is 50.8 Å². The second kappa shape index (κ2) is 10.2. The van der Waals surface area contributed by atoms with Crippen molar-refractivity contribution in [1.82, 2.24) is 5.32 Å². The number of amides is 2. The van der Waals surface area contributed by atoms with E-state index in [-0.39, 0.29) is 61.1 Å². The van der Waals surface area contributed by atoms with E-state index in [1.807, 2.05) is 0 Å². The zero-order chi connectivity index (χ0) is 28.3. The second-order valence-electron chi connectivity index (χ2n) is 10.5. The molecule has 0 spiro atoms. The summed E-state index contributed by atoms with van der Waals surface area (Å²) in [5.41, 5.74) is 2.88. The molecule has 1 aromatic rings. The number of rotatable bonds is 5. The number of hydrogen-bond donors (Lipinski definition) is 6. The maximum atomic E-state index is 13.7. The molecule has 1 saturated carbocycles. The van der Waals surface area contributed by atoms with Crippen LogP contribution in [-0.4, -0.2) is 69.5 Å². The van der Waals surface area contributed by atoms with E-state index in [1.54, 1.807) is 38.9 Å². The molecule has 0 saturated heterocycles. The first-order valence-corrected chi connectivity index (χ1v) is 12.2. The number of fused-ring (bicyclic) bond motifs is 3. The van der Waals surface area contributed by atoms with Crippen molar-refractivity contribution in [2.24, 2.45) is 17.6 Å². The molecular weight excluding hydrogens is 506 g/mol. The monoisotopic (exact) mass is 541 g/mol. The molecule has 3 atom stereocenters. The molecule has 39 heavy (non-hydrogen) atoms. The Bertz CT molecular complexity index is 1370. The van der Waals surface area contributed by atoms with Crippen molar-refractivity contribution >= 4 is 40.9 Å². The van der Waals surface area contributed by atoms with Crippen LogP contribution < -0.4 is 16.0 Å². The number of primary amides is 1. The smallest absolute Gasteiger partial charge is 0.255 e. The molecule has 7 N–H and O–H groups in total. The van der Waals surface area contributed by atoms with Gasteiger partial charge in [0.15, 0.2) is 11.4 Å². The third-order valence-corrected chi connectivity index (χ3v) is 7.40. The highest BCUT2D eigenvalue weighted by molar-refractivity contribution is 6.22. The molecule has 4 rings (SSSR count). The first kappa shape index (κ1) is 29.4. The van der Waals surface area contributed by atoms with E-state index in [9.17, 15) is 39.6 Å². The summed E-state index contributed by atoms with van der Waals surface area (Å²) in [6, 6.07) is 1.56. The number of nitrogens with two attached hydrogens (primary N) is 1. The largest absolute Gasteiger partial charge is 0.508 e. The van der Waals surface area contributed by atoms with Gasteiger partial charge in [0.05, 0.1) is 5.56 Å². The van der Waals surface area contributed by atoms with Crippen LogP contribution >= 0.6 is 0 Å². The lowest BCUT2D eigenvalue weighted by molar-refractivity contribution is -0.147. The van der Waals surface area contributed by atoms with Crippen molar-refractivity contribution in [1.29, 1.82) is 0 Å². The summed E-state index contributed by atoms with van der Waals surface area (Å²) < 4.78 is 0. The standard InChI is InChI=1S/C27H31N3O8.CH4/c1-11(2)29-18(32)6-5-12-9-16(30(3)4)15-8-13-7-14-10-17(31)21(26(28)37)25(36)27(14,38)24(35)19(13)23(34)20(15)22(12)33;/h5-6,9,11,13-14,33-34,36,38H,7-8,10H2,1-4H3,(H2,28,37)(H,29,32);1H4/b6-5+;/t13-,14+,27+;/m1./s1. The average molecular weight is 542 g/mol. The fourth-order valence-corrected chi connectivity index (χ4v) is 5.71. The molecule has 3 aliphatic carbocycles. The van der Waals surface area contributed by atoms with Gasteiger partial charge in [0.25, 0.3) is 5.91 Å². The van der Waals surface area contributed by atoms with Gasteiger partial charge in [0.1, 0.15) is 22.8 Å². The lowest BCUT2D eigenvalue weighted by Crippen LogP contribution is -2.58. The normalized spacial score (nSPS) is 24.3. The molecule has 2 amide bonds. The molecule has 11 nitrogen and oxygen atoms in total. The van der Waals surface area contributed by atoms with E-state index in [0.29, 0.717) is 11.3 Å². The number of nitrogens with one attached hydrogen (secondary N) is 1. The summed E-state index contributed by atoms with van der Waals surface area (Å²) >= 11 is 0. The molecular formula is C28H35N3O8. The van der Waals surface area contributed by atoms with Gasteiger partial charge in [0, 0.05) is 55.4 Å². The molecule has 0 aromatic heterocycles. The second-order valence-corrected chi connectivity index (χ2v) is 10.5. The van der Waals surface area contributed by atoms with Crippen molar-refractivity contribution in [3.63, 3.8) is 0 Å². The number of hydrogen-bond acceptors (Lipinski definition) is 9. The van der Waals surface area contributed by atoms with Crippen LogP contribution in [0.25, 0.3) is 11.8 Å². The minimum Gasteiger partial charge on any atom is -0.508 e. The van der Waals surface area contributed by atoms with Gasteiger partial charge in [0.2, 0.25) is 11.7 Å². The summed E-state index contributed by atoms with van der Waals surface area (Å²) in [5, 5.41) is 47.3. The number of phenolic OH excluding ortho intramolecular Hbond substituents is 1. The lowest BCUT2D eigenvalue weighted by Gasteiger charge is -2.46. The number of phenols is 1. The van der Waals surface area contributed by atoms with Gasteiger partial charge in [-0.15, -0.1) is 0 Å². The molecule has 0 radical (unpaired) electrons. The van der Waals surface area contributed by atoms with Crippen LogP contribution in [-0.2, 0) is 25.6 Å². The maximum Gasteiger partial charge on any atom is 0.255 e. The highest BCUT2D eigenvalue weighted by Crippen LogP contribution is 2.53. The summed E-state index contributed by atoms with van der Waals surface area (Å²) in [7, 11) is 3.53. The molecule has 1 fully saturated rings. The number of carbonyl (C=O) groups is 4. The number of benzene rings is 1. The number of aliphatic hydroxyl groups excluding tert-OH is 2. The number of Topliss-reactive ketones (excluding diaryl/α,β-unsaturated/α-hetero) is 2. The third kappa shape index (κ3) is 4.56. The fraction of sp³-hybridized carbons (Fsp3) is 0.429. The zero-order valence-electron chi connectivity index (χ0n) is 21.5. The Morgan fingerprint density at radius 1 is 1.18 bits per heavy atom. The number of ketones is 2. The Kier molecular flexibility index (Phi) is 7.71. The lowest BCUT2D eigenvalue weighted by atomic mass is 9.59. The Labute approximate surface area is 226 Å². The van der Waals surface area contributed by atoms with Gasteiger partial charge in [-0.25, -0.2) is 0 Å². The number of carbonyl (C=O) groups excluding carboxylic acids is 4. The van der Waals surface area contributed by atoms with E-state index in [2.05, 4.69) is 5.32 Å². The topological polar surface area (TPSA) is 190 Å². The maximum absolute atomic E-state index is 13.7. The molecule has 11 heteroatoms. The van der Waals surface area contributed by atoms with E-state index in [4.69, 9.17) is 5.73 Å². The SMILES string of the molecule is C.CC(C)NC(=O)/C=C/c1cc(N(C)C)c2c(c1O)C(O)=C1C(=O)[C@]3(O)C(O)=C(C(N)=O)C(=O)C[C@@H]3C[C@@H]1C2. The molecule has 0 aliphatic heterocycles. The highest BCUT2D eigenvalue weighted by atomic mass is 16.3. The van der Waals surface area contributed by atoms with Gasteiger partial charge in [-0.3, -0.25) is 19.2 Å². The Morgan fingerprint density at radius 3 is 2.38 bits per heavy atom. The first-order valence-electron chi connectivity index (χ1n) is 12.2. The zero-order valence-corrected chi connectivity index (χ0v) is 21.5. The van der Waals surface area contributed by atoms with Crippen LogP contribution in [0.5, 0.6) is 5.75 Å². The molecule has 0 bridgehead atoms. The predicted molar refractivity (Wildman–Crippen MR) is 145 cm³/mol. The Hall–Kier alpha value is -4.12. The van der Waals surface area contributed by atoms with Crippen LogP contribution in [0.3, 0.4) is 0 Å². The Morgan fingerprint density at radius 2 is 1.82 bits per heavy atom. The van der Waals surface area contributed by atoms with Crippen LogP contribution in [0.15, 0.2) is 29.0 Å². The number of aliphatic hydroxyl groups is 3. The van der Waals surface area contributed by atoms with Crippen molar-refractivity contribution < 1.29 is 39.6 Å². The van der Waals surface area contributed by atoms with E-state index >= 15 is 0 Å². The van der Waals surface area contributed by atoms with Gasteiger partial charge >= 0.3 is 0 Å². The molecule has 0 unspecified atom stereocenters. The predicted octanol–water partition coefficient (Wildman–Crippen LogP) is 1.66.